The summed E-state index contributed by atoms with van der Waals surface area (Å²) >= 11 is 0. The fourth-order valence-electron chi connectivity index (χ4n) is 1.81. The Balaban J connectivity index is 2.05. The molecule has 4 heteroatoms. The van der Waals surface area contributed by atoms with Crippen LogP contribution < -0.4 is 5.43 Å². The minimum Gasteiger partial charge on any atom is -0.466 e. The first-order chi connectivity index (χ1) is 9.08. The Kier molecular flexibility index (Phi) is 3.80. The maximum atomic E-state index is 11.9. The first-order valence-corrected chi connectivity index (χ1v) is 6.04. The highest BCUT2D eigenvalue weighted by molar-refractivity contribution is 5.95. The van der Waals surface area contributed by atoms with E-state index in [4.69, 9.17) is 4.42 Å². The van der Waals surface area contributed by atoms with Crippen molar-refractivity contribution in [1.82, 2.24) is 5.43 Å². The summed E-state index contributed by atoms with van der Waals surface area (Å²) in [6.45, 7) is 5.56. The average Bonchev–Trinajstić information content (AvgIpc) is 2.71. The quantitative estimate of drug-likeness (QED) is 0.678. The monoisotopic (exact) mass is 256 g/mol. The lowest BCUT2D eigenvalue weighted by atomic mass is 10.1. The summed E-state index contributed by atoms with van der Waals surface area (Å²) in [5, 5.41) is 3.96. The Morgan fingerprint density at radius 2 is 2.00 bits per heavy atom. The summed E-state index contributed by atoms with van der Waals surface area (Å²) in [7, 11) is 0. The van der Waals surface area contributed by atoms with E-state index in [0.29, 0.717) is 17.1 Å². The molecule has 0 aliphatic carbocycles. The van der Waals surface area contributed by atoms with Gasteiger partial charge in [0.05, 0.1) is 11.8 Å². The molecular weight excluding hydrogens is 240 g/mol. The fraction of sp³-hybridized carbons (Fsp3) is 0.200. The van der Waals surface area contributed by atoms with Crippen LogP contribution in [0.1, 0.15) is 33.0 Å². The Hall–Kier alpha value is -2.36. The number of nitrogens with one attached hydrogen (secondary N) is 1. The van der Waals surface area contributed by atoms with Crippen LogP contribution in [0, 0.1) is 20.8 Å². The maximum absolute atomic E-state index is 11.9. The molecule has 19 heavy (non-hydrogen) atoms. The zero-order valence-corrected chi connectivity index (χ0v) is 11.2. The second kappa shape index (κ2) is 5.52. The zero-order valence-electron chi connectivity index (χ0n) is 11.2. The molecule has 4 nitrogen and oxygen atoms in total. The molecule has 0 radical (unpaired) electrons. The van der Waals surface area contributed by atoms with Gasteiger partial charge in [-0.05, 0) is 38.0 Å². The number of aryl methyl sites for hydroxylation is 3. The van der Waals surface area contributed by atoms with Crippen LogP contribution in [0.4, 0.5) is 0 Å². The molecular formula is C15H16N2O2. The number of furan rings is 1. The smallest absolute Gasteiger partial charge is 0.274 e. The summed E-state index contributed by atoms with van der Waals surface area (Å²) in [6.07, 6.45) is 1.63. The lowest BCUT2D eigenvalue weighted by molar-refractivity contribution is 0.0953. The van der Waals surface area contributed by atoms with E-state index in [1.807, 2.05) is 31.2 Å². The van der Waals surface area contributed by atoms with E-state index in [-0.39, 0.29) is 5.91 Å². The Labute approximate surface area is 112 Å². The second-order valence-corrected chi connectivity index (χ2v) is 4.38. The van der Waals surface area contributed by atoms with Gasteiger partial charge < -0.3 is 4.42 Å². The van der Waals surface area contributed by atoms with Crippen molar-refractivity contribution in [3.63, 3.8) is 0 Å². The van der Waals surface area contributed by atoms with Crippen molar-refractivity contribution in [3.8, 4) is 0 Å². The highest BCUT2D eigenvalue weighted by Crippen LogP contribution is 2.13. The molecule has 1 heterocycles. The van der Waals surface area contributed by atoms with Gasteiger partial charge in [-0.1, -0.05) is 24.3 Å². The molecule has 1 aromatic heterocycles. The van der Waals surface area contributed by atoms with Gasteiger partial charge >= 0.3 is 0 Å². The van der Waals surface area contributed by atoms with Crippen LogP contribution in [0.25, 0.3) is 0 Å². The molecule has 1 amide bonds. The van der Waals surface area contributed by atoms with Crippen LogP contribution in [-0.4, -0.2) is 12.1 Å². The molecule has 0 fully saturated rings. The Bertz CT molecular complexity index is 627. The number of hydrogen-bond donors (Lipinski definition) is 1. The van der Waals surface area contributed by atoms with Crippen molar-refractivity contribution in [3.05, 3.63) is 58.5 Å². The average molecular weight is 256 g/mol. The van der Waals surface area contributed by atoms with Crippen LogP contribution in [0.2, 0.25) is 0 Å². The number of benzene rings is 1. The van der Waals surface area contributed by atoms with Gasteiger partial charge in [0.1, 0.15) is 11.5 Å². The number of carbonyl (C=O) groups is 1. The predicted octanol–water partition coefficient (Wildman–Crippen LogP) is 2.97. The third kappa shape index (κ3) is 3.10. The van der Waals surface area contributed by atoms with Gasteiger partial charge in [-0.25, -0.2) is 5.43 Å². The van der Waals surface area contributed by atoms with Gasteiger partial charge in [0.15, 0.2) is 0 Å². The molecule has 0 unspecified atom stereocenters. The van der Waals surface area contributed by atoms with E-state index in [0.717, 1.165) is 11.1 Å². The number of amides is 1. The van der Waals surface area contributed by atoms with Crippen molar-refractivity contribution in [2.24, 2.45) is 5.10 Å². The molecule has 2 rings (SSSR count). The molecule has 98 valence electrons. The van der Waals surface area contributed by atoms with Crippen molar-refractivity contribution in [1.29, 1.82) is 0 Å². The van der Waals surface area contributed by atoms with Crippen LogP contribution in [-0.2, 0) is 0 Å². The van der Waals surface area contributed by atoms with Crippen molar-refractivity contribution >= 4 is 12.1 Å². The third-order valence-corrected chi connectivity index (χ3v) is 2.84. The molecule has 0 spiro atoms. The number of hydrogen-bond acceptors (Lipinski definition) is 3. The topological polar surface area (TPSA) is 54.6 Å². The molecule has 0 atom stereocenters. The van der Waals surface area contributed by atoms with Gasteiger partial charge in [-0.15, -0.1) is 0 Å². The number of nitrogens with zero attached hydrogens (tertiary/aromatic N) is 1. The van der Waals surface area contributed by atoms with E-state index in [1.165, 1.54) is 0 Å². The van der Waals surface area contributed by atoms with Crippen LogP contribution in [0.5, 0.6) is 0 Å². The normalized spacial score (nSPS) is 10.9. The first-order valence-electron chi connectivity index (χ1n) is 6.04. The summed E-state index contributed by atoms with van der Waals surface area (Å²) in [5.41, 5.74) is 5.09. The van der Waals surface area contributed by atoms with Crippen molar-refractivity contribution in [2.75, 3.05) is 0 Å². The van der Waals surface area contributed by atoms with Gasteiger partial charge in [0.25, 0.3) is 5.91 Å². The number of rotatable bonds is 3. The minimum absolute atomic E-state index is 0.265. The van der Waals surface area contributed by atoms with E-state index in [1.54, 1.807) is 26.1 Å². The van der Waals surface area contributed by atoms with Crippen molar-refractivity contribution in [2.45, 2.75) is 20.8 Å². The van der Waals surface area contributed by atoms with Gasteiger partial charge in [0, 0.05) is 0 Å². The summed E-state index contributed by atoms with van der Waals surface area (Å²) in [4.78, 5) is 11.9. The first kappa shape index (κ1) is 13.1. The van der Waals surface area contributed by atoms with E-state index < -0.39 is 0 Å². The lowest BCUT2D eigenvalue weighted by Crippen LogP contribution is -2.17. The van der Waals surface area contributed by atoms with Gasteiger partial charge in [-0.2, -0.15) is 5.10 Å². The van der Waals surface area contributed by atoms with E-state index in [2.05, 4.69) is 10.5 Å². The standard InChI is InChI=1S/C15H16N2O2/c1-10-6-4-5-7-13(10)9-16-17-15(18)14-8-11(2)19-12(14)3/h4-9H,1-3H3,(H,17,18)/b16-9-. The minimum atomic E-state index is -0.265. The molecule has 0 saturated heterocycles. The Morgan fingerprint density at radius 1 is 1.26 bits per heavy atom. The third-order valence-electron chi connectivity index (χ3n) is 2.84. The lowest BCUT2D eigenvalue weighted by Gasteiger charge is -1.99. The molecule has 0 saturated carbocycles. The second-order valence-electron chi connectivity index (χ2n) is 4.38. The molecule has 1 aromatic carbocycles. The summed E-state index contributed by atoms with van der Waals surface area (Å²) in [5.74, 6) is 1.05. The molecule has 0 bridgehead atoms. The largest absolute Gasteiger partial charge is 0.466 e. The highest BCUT2D eigenvalue weighted by Gasteiger charge is 2.12. The number of carbonyl (C=O) groups excluding carboxylic acids is 1. The SMILES string of the molecule is Cc1cc(C(=O)N/N=C\c2ccccc2C)c(C)o1. The summed E-state index contributed by atoms with van der Waals surface area (Å²) < 4.78 is 5.31. The van der Waals surface area contributed by atoms with Crippen LogP contribution in [0.3, 0.4) is 0 Å². The van der Waals surface area contributed by atoms with Crippen LogP contribution >= 0.6 is 0 Å². The summed E-state index contributed by atoms with van der Waals surface area (Å²) in [6, 6.07) is 9.53. The Morgan fingerprint density at radius 3 is 2.63 bits per heavy atom. The highest BCUT2D eigenvalue weighted by atomic mass is 16.3. The molecule has 0 aliphatic rings. The van der Waals surface area contributed by atoms with Crippen molar-refractivity contribution < 1.29 is 9.21 Å². The predicted molar refractivity (Wildman–Crippen MR) is 74.4 cm³/mol. The van der Waals surface area contributed by atoms with Gasteiger partial charge in [-0.3, -0.25) is 4.79 Å². The number of hydrazone groups is 1. The molecule has 2 aromatic rings. The van der Waals surface area contributed by atoms with E-state index in [9.17, 15) is 4.79 Å². The maximum Gasteiger partial charge on any atom is 0.274 e. The molecule has 0 aliphatic heterocycles. The van der Waals surface area contributed by atoms with Crippen LogP contribution in [0.15, 0.2) is 39.9 Å². The molecule has 1 N–H and O–H groups in total. The van der Waals surface area contributed by atoms with E-state index >= 15 is 0 Å². The fourth-order valence-corrected chi connectivity index (χ4v) is 1.81. The van der Waals surface area contributed by atoms with Gasteiger partial charge in [0.2, 0.25) is 0 Å². The zero-order chi connectivity index (χ0) is 13.8.